The van der Waals surface area contributed by atoms with E-state index in [-0.39, 0.29) is 5.69 Å². The standard InChI is InChI=1S/C21H16N2OS/c1-11-7-8-15-14-5-4-6-16(20(14)24-21(15)23-11)19-18-12(2)13(3)25-17(18)9-10-22-19/h4-10H,1-3H3/i1D3. The first-order valence-electron chi connectivity index (χ1n) is 9.52. The number of nitrogens with zero attached hydrogens (tertiary/aromatic N) is 2. The van der Waals surface area contributed by atoms with Gasteiger partial charge in [-0.1, -0.05) is 12.1 Å². The molecule has 0 aliphatic carbocycles. The van der Waals surface area contributed by atoms with Crippen molar-refractivity contribution in [3.05, 3.63) is 58.7 Å². The molecule has 0 saturated carbocycles. The first kappa shape index (κ1) is 11.8. The second-order valence-electron chi connectivity index (χ2n) is 6.15. The molecule has 0 aliphatic rings. The van der Waals surface area contributed by atoms with E-state index in [2.05, 4.69) is 23.8 Å². The molecule has 0 fully saturated rings. The number of thiophene rings is 1. The highest BCUT2D eigenvalue weighted by atomic mass is 32.1. The zero-order valence-electron chi connectivity index (χ0n) is 16.8. The van der Waals surface area contributed by atoms with Crippen molar-refractivity contribution in [3.8, 4) is 11.3 Å². The summed E-state index contributed by atoms with van der Waals surface area (Å²) in [5, 5.41) is 2.84. The Labute approximate surface area is 153 Å². The van der Waals surface area contributed by atoms with Crippen LogP contribution in [0.25, 0.3) is 43.4 Å². The molecule has 0 radical (unpaired) electrons. The Morgan fingerprint density at radius 1 is 1.08 bits per heavy atom. The Balaban J connectivity index is 1.84. The molecule has 4 aromatic heterocycles. The van der Waals surface area contributed by atoms with Crippen LogP contribution >= 0.6 is 11.3 Å². The van der Waals surface area contributed by atoms with E-state index in [9.17, 15) is 0 Å². The quantitative estimate of drug-likeness (QED) is 0.363. The topological polar surface area (TPSA) is 38.9 Å². The zero-order chi connectivity index (χ0) is 19.6. The lowest BCUT2D eigenvalue weighted by Crippen LogP contribution is -1.86. The normalized spacial score (nSPS) is 14.1. The van der Waals surface area contributed by atoms with Gasteiger partial charge in [0.1, 0.15) is 5.58 Å². The van der Waals surface area contributed by atoms with Gasteiger partial charge in [-0.15, -0.1) is 11.3 Å². The van der Waals surface area contributed by atoms with Gasteiger partial charge in [-0.3, -0.25) is 4.98 Å². The van der Waals surface area contributed by atoms with Crippen LogP contribution < -0.4 is 0 Å². The van der Waals surface area contributed by atoms with Gasteiger partial charge in [0, 0.05) is 47.3 Å². The molecule has 0 bridgehead atoms. The molecule has 25 heavy (non-hydrogen) atoms. The Bertz CT molecular complexity index is 1380. The smallest absolute Gasteiger partial charge is 0.227 e. The Morgan fingerprint density at radius 2 is 2.00 bits per heavy atom. The lowest BCUT2D eigenvalue weighted by molar-refractivity contribution is 0.653. The minimum absolute atomic E-state index is 0.0325. The fourth-order valence-electron chi connectivity index (χ4n) is 3.38. The van der Waals surface area contributed by atoms with Crippen LogP contribution in [0.1, 0.15) is 20.2 Å². The summed E-state index contributed by atoms with van der Waals surface area (Å²) in [6.45, 7) is 1.96. The highest BCUT2D eigenvalue weighted by Gasteiger charge is 2.18. The van der Waals surface area contributed by atoms with Crippen molar-refractivity contribution in [2.24, 2.45) is 0 Å². The molecule has 4 heteroatoms. The van der Waals surface area contributed by atoms with E-state index >= 15 is 0 Å². The minimum atomic E-state index is -2.27. The number of benzene rings is 1. The fourth-order valence-corrected chi connectivity index (χ4v) is 4.44. The van der Waals surface area contributed by atoms with E-state index in [4.69, 9.17) is 8.53 Å². The number of fused-ring (bicyclic) bond motifs is 4. The van der Waals surface area contributed by atoms with Gasteiger partial charge in [0.15, 0.2) is 0 Å². The molecule has 0 atom stereocenters. The molecule has 0 aliphatic heterocycles. The molecule has 5 rings (SSSR count). The zero-order valence-corrected chi connectivity index (χ0v) is 14.6. The number of pyridine rings is 2. The fraction of sp³-hybridized carbons (Fsp3) is 0.143. The van der Waals surface area contributed by atoms with Gasteiger partial charge in [0.05, 0.1) is 5.69 Å². The van der Waals surface area contributed by atoms with Crippen LogP contribution in [0.4, 0.5) is 0 Å². The number of para-hydroxylation sites is 1. The molecule has 4 heterocycles. The second-order valence-corrected chi connectivity index (χ2v) is 7.41. The number of hydrogen-bond acceptors (Lipinski definition) is 4. The first-order chi connectivity index (χ1) is 13.3. The van der Waals surface area contributed by atoms with Gasteiger partial charge in [-0.2, -0.15) is 0 Å². The number of furan rings is 1. The van der Waals surface area contributed by atoms with E-state index < -0.39 is 6.85 Å². The maximum atomic E-state index is 7.60. The van der Waals surface area contributed by atoms with Crippen LogP contribution in [-0.4, -0.2) is 9.97 Å². The molecule has 122 valence electrons. The van der Waals surface area contributed by atoms with Gasteiger partial charge < -0.3 is 4.42 Å². The van der Waals surface area contributed by atoms with Crippen LogP contribution in [0, 0.1) is 20.7 Å². The minimum Gasteiger partial charge on any atom is -0.437 e. The van der Waals surface area contributed by atoms with Gasteiger partial charge >= 0.3 is 0 Å². The highest BCUT2D eigenvalue weighted by molar-refractivity contribution is 7.19. The van der Waals surface area contributed by atoms with Crippen LogP contribution in [0.2, 0.25) is 0 Å². The number of rotatable bonds is 1. The summed E-state index contributed by atoms with van der Waals surface area (Å²) in [7, 11) is 0. The van der Waals surface area contributed by atoms with Crippen molar-refractivity contribution in [2.45, 2.75) is 20.7 Å². The van der Waals surface area contributed by atoms with E-state index in [1.54, 1.807) is 23.5 Å². The molecular formula is C21H16N2OS. The average molecular weight is 347 g/mol. The van der Waals surface area contributed by atoms with Crippen molar-refractivity contribution < 1.29 is 8.53 Å². The summed E-state index contributed by atoms with van der Waals surface area (Å²) < 4.78 is 30.1. The van der Waals surface area contributed by atoms with Crippen LogP contribution in [-0.2, 0) is 0 Å². The van der Waals surface area contributed by atoms with E-state index in [0.29, 0.717) is 11.3 Å². The second kappa shape index (κ2) is 5.14. The summed E-state index contributed by atoms with van der Waals surface area (Å²) in [4.78, 5) is 10.2. The summed E-state index contributed by atoms with van der Waals surface area (Å²) in [5.41, 5.74) is 4.03. The molecule has 0 saturated heterocycles. The monoisotopic (exact) mass is 347 g/mol. The molecule has 0 spiro atoms. The number of aromatic nitrogens is 2. The molecular weight excluding hydrogens is 328 g/mol. The Kier molecular flexibility index (Phi) is 2.42. The van der Waals surface area contributed by atoms with Gasteiger partial charge in [-0.25, -0.2) is 4.98 Å². The molecule has 0 unspecified atom stereocenters. The van der Waals surface area contributed by atoms with Gasteiger partial charge in [-0.05, 0) is 50.5 Å². The van der Waals surface area contributed by atoms with E-state index in [1.807, 2.05) is 30.5 Å². The Hall–Kier alpha value is -2.72. The lowest BCUT2D eigenvalue weighted by Gasteiger charge is -2.05. The summed E-state index contributed by atoms with van der Waals surface area (Å²) in [6.07, 6.45) is 1.82. The molecule has 0 N–H and O–H groups in total. The largest absolute Gasteiger partial charge is 0.437 e. The van der Waals surface area contributed by atoms with E-state index in [1.165, 1.54) is 15.1 Å². The maximum Gasteiger partial charge on any atom is 0.227 e. The maximum absolute atomic E-state index is 7.60. The van der Waals surface area contributed by atoms with Crippen LogP contribution in [0.15, 0.2) is 47.0 Å². The Morgan fingerprint density at radius 3 is 2.88 bits per heavy atom. The molecule has 1 aromatic carbocycles. The predicted octanol–water partition coefficient (Wildman–Crippen LogP) is 6.18. The molecule has 5 aromatic rings. The van der Waals surface area contributed by atoms with Gasteiger partial charge in [0.2, 0.25) is 5.71 Å². The van der Waals surface area contributed by atoms with Crippen molar-refractivity contribution in [3.63, 3.8) is 0 Å². The van der Waals surface area contributed by atoms with Crippen LogP contribution in [0.3, 0.4) is 0 Å². The van der Waals surface area contributed by atoms with Crippen molar-refractivity contribution in [1.82, 2.24) is 9.97 Å². The molecule has 0 amide bonds. The average Bonchev–Trinajstić information content (AvgIpc) is 3.18. The summed E-state index contributed by atoms with van der Waals surface area (Å²) in [6, 6.07) is 11.3. The number of aryl methyl sites for hydroxylation is 3. The highest BCUT2D eigenvalue weighted by Crippen LogP contribution is 2.40. The third-order valence-electron chi connectivity index (χ3n) is 4.70. The number of hydrogen-bond donors (Lipinski definition) is 0. The summed E-state index contributed by atoms with van der Waals surface area (Å²) >= 11 is 1.76. The van der Waals surface area contributed by atoms with Crippen molar-refractivity contribution >= 4 is 43.5 Å². The van der Waals surface area contributed by atoms with Crippen molar-refractivity contribution in [2.75, 3.05) is 0 Å². The third kappa shape index (κ3) is 2.04. The SMILES string of the molecule is [2H]C([2H])([2H])c1ccc2c(n1)oc1c(-c3nccc4sc(C)c(C)c34)cccc12. The lowest BCUT2D eigenvalue weighted by atomic mass is 10.0. The van der Waals surface area contributed by atoms with Crippen LogP contribution in [0.5, 0.6) is 0 Å². The molecule has 3 nitrogen and oxygen atoms in total. The predicted molar refractivity (Wildman–Crippen MR) is 104 cm³/mol. The summed E-state index contributed by atoms with van der Waals surface area (Å²) in [5.74, 6) is 0. The third-order valence-corrected chi connectivity index (χ3v) is 5.87. The van der Waals surface area contributed by atoms with E-state index in [0.717, 1.165) is 27.4 Å². The first-order valence-corrected chi connectivity index (χ1v) is 8.84. The van der Waals surface area contributed by atoms with Gasteiger partial charge in [0.25, 0.3) is 0 Å². The van der Waals surface area contributed by atoms with Crippen molar-refractivity contribution in [1.29, 1.82) is 0 Å².